The highest BCUT2D eigenvalue weighted by atomic mass is 16.5. The van der Waals surface area contributed by atoms with E-state index in [4.69, 9.17) is 4.74 Å². The molecule has 0 aliphatic rings. The number of nitrogens with one attached hydrogen (secondary N) is 2. The van der Waals surface area contributed by atoms with E-state index in [9.17, 15) is 0 Å². The van der Waals surface area contributed by atoms with E-state index in [0.717, 1.165) is 51.5 Å². The summed E-state index contributed by atoms with van der Waals surface area (Å²) in [5, 5.41) is 14.3. The van der Waals surface area contributed by atoms with Gasteiger partial charge in [0.15, 0.2) is 5.96 Å². The molecular weight excluding hydrogens is 292 g/mol. The molecule has 0 aromatic carbocycles. The molecule has 0 saturated heterocycles. The fraction of sp³-hybridized carbons (Fsp3) is 0.812. The van der Waals surface area contributed by atoms with Gasteiger partial charge in [-0.2, -0.15) is 0 Å². The third-order valence-electron chi connectivity index (χ3n) is 3.67. The molecule has 0 aliphatic heterocycles. The van der Waals surface area contributed by atoms with Gasteiger partial charge in [0.25, 0.3) is 0 Å². The number of nitrogens with zero attached hydrogens (tertiary/aromatic N) is 4. The van der Waals surface area contributed by atoms with Gasteiger partial charge in [-0.25, -0.2) is 0 Å². The van der Waals surface area contributed by atoms with Gasteiger partial charge in [-0.1, -0.05) is 13.8 Å². The van der Waals surface area contributed by atoms with Crippen LogP contribution in [0.1, 0.15) is 40.0 Å². The van der Waals surface area contributed by atoms with E-state index in [2.05, 4.69) is 39.7 Å². The lowest BCUT2D eigenvalue weighted by molar-refractivity contribution is 0.0258. The van der Waals surface area contributed by atoms with Crippen molar-refractivity contribution in [1.82, 2.24) is 25.4 Å². The molecule has 7 nitrogen and oxygen atoms in total. The monoisotopic (exact) mass is 324 g/mol. The molecule has 23 heavy (non-hydrogen) atoms. The third kappa shape index (κ3) is 8.54. The van der Waals surface area contributed by atoms with Gasteiger partial charge < -0.3 is 19.9 Å². The van der Waals surface area contributed by atoms with Crippen LogP contribution in [0.4, 0.5) is 0 Å². The predicted molar refractivity (Wildman–Crippen MR) is 93.5 cm³/mol. The molecule has 0 saturated carbocycles. The molecule has 2 N–H and O–H groups in total. The maximum Gasteiger partial charge on any atom is 0.190 e. The summed E-state index contributed by atoms with van der Waals surface area (Å²) in [6.07, 6.45) is 6.94. The Morgan fingerprint density at radius 2 is 1.87 bits per heavy atom. The minimum absolute atomic E-state index is 0.300. The van der Waals surface area contributed by atoms with Gasteiger partial charge in [0.1, 0.15) is 12.7 Å². The zero-order valence-corrected chi connectivity index (χ0v) is 15.0. The minimum atomic E-state index is 0.300. The molecule has 0 bridgehead atoms. The Morgan fingerprint density at radius 3 is 2.48 bits per heavy atom. The molecular formula is C16H32N6O. The van der Waals surface area contributed by atoms with Crippen molar-refractivity contribution in [3.05, 3.63) is 12.7 Å². The van der Waals surface area contributed by atoms with Crippen molar-refractivity contribution in [1.29, 1.82) is 0 Å². The number of guanidine groups is 1. The zero-order valence-electron chi connectivity index (χ0n) is 15.0. The normalized spacial score (nSPS) is 13.3. The molecule has 1 aromatic heterocycles. The van der Waals surface area contributed by atoms with E-state index in [1.54, 1.807) is 19.7 Å². The molecule has 132 valence electrons. The van der Waals surface area contributed by atoms with Gasteiger partial charge in [0.2, 0.25) is 0 Å². The summed E-state index contributed by atoms with van der Waals surface area (Å²) in [4.78, 5) is 4.25. The smallest absolute Gasteiger partial charge is 0.190 e. The van der Waals surface area contributed by atoms with E-state index in [1.165, 1.54) is 0 Å². The van der Waals surface area contributed by atoms with Crippen LogP contribution >= 0.6 is 0 Å². The van der Waals surface area contributed by atoms with Crippen LogP contribution in [0.3, 0.4) is 0 Å². The maximum absolute atomic E-state index is 5.75. The van der Waals surface area contributed by atoms with Crippen molar-refractivity contribution < 1.29 is 4.74 Å². The van der Waals surface area contributed by atoms with Crippen LogP contribution in [-0.2, 0) is 11.3 Å². The van der Waals surface area contributed by atoms with Crippen LogP contribution in [0.25, 0.3) is 0 Å². The molecule has 0 fully saturated rings. The Hall–Kier alpha value is -1.63. The SMILES string of the molecule is CCOC(CCNC(=NC)NCCCCn1cnnc1)C(C)C. The molecule has 1 atom stereocenters. The van der Waals surface area contributed by atoms with E-state index in [0.29, 0.717) is 12.0 Å². The summed E-state index contributed by atoms with van der Waals surface area (Å²) < 4.78 is 7.75. The third-order valence-corrected chi connectivity index (χ3v) is 3.67. The van der Waals surface area contributed by atoms with E-state index in [-0.39, 0.29) is 0 Å². The quantitative estimate of drug-likeness (QED) is 0.368. The largest absolute Gasteiger partial charge is 0.378 e. The summed E-state index contributed by atoms with van der Waals surface area (Å²) >= 11 is 0. The van der Waals surface area contributed by atoms with Crippen molar-refractivity contribution in [2.75, 3.05) is 26.7 Å². The van der Waals surface area contributed by atoms with Gasteiger partial charge in [-0.3, -0.25) is 4.99 Å². The molecule has 1 unspecified atom stereocenters. The minimum Gasteiger partial charge on any atom is -0.378 e. The maximum atomic E-state index is 5.75. The van der Waals surface area contributed by atoms with Crippen LogP contribution in [0, 0.1) is 5.92 Å². The van der Waals surface area contributed by atoms with E-state index in [1.807, 2.05) is 11.5 Å². The first-order chi connectivity index (χ1) is 11.2. The average molecular weight is 324 g/mol. The number of unbranched alkanes of at least 4 members (excludes halogenated alkanes) is 1. The highest BCUT2D eigenvalue weighted by Crippen LogP contribution is 2.09. The first kappa shape index (κ1) is 19.4. The molecule has 7 heteroatoms. The first-order valence-corrected chi connectivity index (χ1v) is 8.55. The van der Waals surface area contributed by atoms with Crippen molar-refractivity contribution in [3.8, 4) is 0 Å². The van der Waals surface area contributed by atoms with Crippen LogP contribution < -0.4 is 10.6 Å². The van der Waals surface area contributed by atoms with Gasteiger partial charge in [-0.15, -0.1) is 10.2 Å². The lowest BCUT2D eigenvalue weighted by Crippen LogP contribution is -2.39. The average Bonchev–Trinajstić information content (AvgIpc) is 3.05. The lowest BCUT2D eigenvalue weighted by atomic mass is 10.0. The van der Waals surface area contributed by atoms with Crippen molar-refractivity contribution in [2.24, 2.45) is 10.9 Å². The molecule has 0 spiro atoms. The Balaban J connectivity index is 2.11. The summed E-state index contributed by atoms with van der Waals surface area (Å²) in [6, 6.07) is 0. The number of hydrogen-bond acceptors (Lipinski definition) is 4. The molecule has 1 rings (SSSR count). The highest BCUT2D eigenvalue weighted by molar-refractivity contribution is 5.79. The summed E-state index contributed by atoms with van der Waals surface area (Å²) in [5.74, 6) is 1.39. The Labute approximate surface area is 139 Å². The topological polar surface area (TPSA) is 76.4 Å². The fourth-order valence-corrected chi connectivity index (χ4v) is 2.34. The number of aryl methyl sites for hydroxylation is 1. The standard InChI is InChI=1S/C16H32N6O/c1-5-23-15(14(2)3)8-10-19-16(17-4)18-9-6-7-11-22-12-20-21-13-22/h12-15H,5-11H2,1-4H3,(H2,17,18,19). The Morgan fingerprint density at radius 1 is 1.17 bits per heavy atom. The van der Waals surface area contributed by atoms with Gasteiger partial charge in [-0.05, 0) is 32.1 Å². The zero-order chi connectivity index (χ0) is 16.9. The second-order valence-corrected chi connectivity index (χ2v) is 5.86. The molecule has 1 aromatic rings. The van der Waals surface area contributed by atoms with Gasteiger partial charge >= 0.3 is 0 Å². The molecule has 0 radical (unpaired) electrons. The number of rotatable bonds is 11. The molecule has 0 aliphatic carbocycles. The van der Waals surface area contributed by atoms with Crippen molar-refractivity contribution in [3.63, 3.8) is 0 Å². The first-order valence-electron chi connectivity index (χ1n) is 8.55. The second kappa shape index (κ2) is 11.9. The predicted octanol–water partition coefficient (Wildman–Crippen LogP) is 1.67. The number of aromatic nitrogens is 3. The number of ether oxygens (including phenoxy) is 1. The van der Waals surface area contributed by atoms with Crippen molar-refractivity contribution in [2.45, 2.75) is 52.7 Å². The van der Waals surface area contributed by atoms with Gasteiger partial charge in [0, 0.05) is 33.3 Å². The second-order valence-electron chi connectivity index (χ2n) is 5.86. The van der Waals surface area contributed by atoms with E-state index < -0.39 is 0 Å². The van der Waals surface area contributed by atoms with Crippen LogP contribution in [-0.4, -0.2) is 53.6 Å². The summed E-state index contributed by atoms with van der Waals surface area (Å²) in [7, 11) is 1.80. The number of aliphatic imine (C=N–C) groups is 1. The highest BCUT2D eigenvalue weighted by Gasteiger charge is 2.12. The molecule has 1 heterocycles. The Bertz CT molecular complexity index is 418. The van der Waals surface area contributed by atoms with Crippen LogP contribution in [0.15, 0.2) is 17.6 Å². The fourth-order valence-electron chi connectivity index (χ4n) is 2.34. The van der Waals surface area contributed by atoms with Crippen LogP contribution in [0.2, 0.25) is 0 Å². The number of hydrogen-bond donors (Lipinski definition) is 2. The van der Waals surface area contributed by atoms with E-state index >= 15 is 0 Å². The Kier molecular flexibility index (Phi) is 10.0. The van der Waals surface area contributed by atoms with Crippen LogP contribution in [0.5, 0.6) is 0 Å². The lowest BCUT2D eigenvalue weighted by Gasteiger charge is -2.21. The van der Waals surface area contributed by atoms with Gasteiger partial charge in [0.05, 0.1) is 6.10 Å². The summed E-state index contributed by atoms with van der Waals surface area (Å²) in [6.45, 7) is 9.92. The van der Waals surface area contributed by atoms with Crippen molar-refractivity contribution >= 4 is 5.96 Å². The summed E-state index contributed by atoms with van der Waals surface area (Å²) in [5.41, 5.74) is 0. The molecule has 0 amide bonds.